The zero-order valence-corrected chi connectivity index (χ0v) is 11.3. The molecule has 1 heterocycles. The van der Waals surface area contributed by atoms with E-state index in [0.29, 0.717) is 18.5 Å². The largest absolute Gasteiger partial charge is 0.352 e. The van der Waals surface area contributed by atoms with Crippen molar-refractivity contribution in [3.05, 3.63) is 29.3 Å². The third-order valence-corrected chi connectivity index (χ3v) is 3.06. The maximum atomic E-state index is 11.9. The number of anilines is 1. The van der Waals surface area contributed by atoms with Crippen molar-refractivity contribution in [2.24, 2.45) is 0 Å². The molecule has 0 aromatic heterocycles. The topological polar surface area (TPSA) is 61.4 Å². The van der Waals surface area contributed by atoms with Crippen molar-refractivity contribution in [3.8, 4) is 0 Å². The Hall–Kier alpha value is -1.88. The SMILES string of the molecule is CN(C)CCCNC(=O)c1ccc2c(c1)CC(=O)N2. The molecule has 0 radical (unpaired) electrons. The molecule has 0 spiro atoms. The summed E-state index contributed by atoms with van der Waals surface area (Å²) in [5, 5.41) is 5.64. The Kier molecular flexibility index (Phi) is 4.16. The van der Waals surface area contributed by atoms with E-state index in [2.05, 4.69) is 15.5 Å². The second-order valence-corrected chi connectivity index (χ2v) is 5.01. The van der Waals surface area contributed by atoms with Gasteiger partial charge in [-0.05, 0) is 50.8 Å². The molecule has 0 atom stereocenters. The van der Waals surface area contributed by atoms with Crippen molar-refractivity contribution >= 4 is 17.5 Å². The number of benzene rings is 1. The van der Waals surface area contributed by atoms with Crippen LogP contribution in [0.3, 0.4) is 0 Å². The zero-order chi connectivity index (χ0) is 13.8. The van der Waals surface area contributed by atoms with Gasteiger partial charge in [0.25, 0.3) is 5.91 Å². The van der Waals surface area contributed by atoms with Crippen molar-refractivity contribution < 1.29 is 9.59 Å². The lowest BCUT2D eigenvalue weighted by Gasteiger charge is -2.10. The minimum atomic E-state index is -0.0825. The van der Waals surface area contributed by atoms with Crippen LogP contribution in [0.25, 0.3) is 0 Å². The minimum Gasteiger partial charge on any atom is -0.352 e. The summed E-state index contributed by atoms with van der Waals surface area (Å²) in [5.74, 6) is -0.0977. The number of rotatable bonds is 5. The van der Waals surface area contributed by atoms with E-state index in [1.165, 1.54) is 0 Å². The average Bonchev–Trinajstić information content (AvgIpc) is 2.73. The van der Waals surface area contributed by atoms with Gasteiger partial charge in [-0.1, -0.05) is 0 Å². The Balaban J connectivity index is 1.90. The average molecular weight is 261 g/mol. The van der Waals surface area contributed by atoms with Crippen LogP contribution in [-0.4, -0.2) is 43.9 Å². The van der Waals surface area contributed by atoms with Gasteiger partial charge in [-0.25, -0.2) is 0 Å². The maximum absolute atomic E-state index is 11.9. The quantitative estimate of drug-likeness (QED) is 0.773. The molecular weight excluding hydrogens is 242 g/mol. The third-order valence-electron chi connectivity index (χ3n) is 3.06. The van der Waals surface area contributed by atoms with Gasteiger partial charge in [0, 0.05) is 17.8 Å². The Bertz CT molecular complexity index is 497. The standard InChI is InChI=1S/C14H19N3O2/c1-17(2)7-3-6-15-14(19)10-4-5-12-11(8-10)9-13(18)16-12/h4-5,8H,3,6-7,9H2,1-2H3,(H,15,19)(H,16,18). The highest BCUT2D eigenvalue weighted by Gasteiger charge is 2.18. The first-order chi connectivity index (χ1) is 9.06. The molecule has 1 aromatic rings. The molecule has 0 aliphatic carbocycles. The number of carbonyl (C=O) groups is 2. The zero-order valence-electron chi connectivity index (χ0n) is 11.3. The van der Waals surface area contributed by atoms with Crippen molar-refractivity contribution in [3.63, 3.8) is 0 Å². The van der Waals surface area contributed by atoms with Gasteiger partial charge in [-0.15, -0.1) is 0 Å². The fraction of sp³-hybridized carbons (Fsp3) is 0.429. The fourth-order valence-electron chi connectivity index (χ4n) is 2.07. The van der Waals surface area contributed by atoms with Crippen LogP contribution in [0.4, 0.5) is 5.69 Å². The normalized spacial score (nSPS) is 13.3. The smallest absolute Gasteiger partial charge is 0.251 e. The number of hydrogen-bond donors (Lipinski definition) is 2. The predicted molar refractivity (Wildman–Crippen MR) is 74.3 cm³/mol. The van der Waals surface area contributed by atoms with E-state index in [1.54, 1.807) is 18.2 Å². The van der Waals surface area contributed by atoms with E-state index in [9.17, 15) is 9.59 Å². The van der Waals surface area contributed by atoms with Crippen LogP contribution in [0, 0.1) is 0 Å². The Morgan fingerprint density at radius 2 is 2.21 bits per heavy atom. The van der Waals surface area contributed by atoms with Crippen LogP contribution in [0.2, 0.25) is 0 Å². The second kappa shape index (κ2) is 5.84. The molecule has 2 N–H and O–H groups in total. The highest BCUT2D eigenvalue weighted by molar-refractivity contribution is 6.01. The highest BCUT2D eigenvalue weighted by atomic mass is 16.2. The number of nitrogens with zero attached hydrogens (tertiary/aromatic N) is 1. The van der Waals surface area contributed by atoms with Gasteiger partial charge in [0.05, 0.1) is 6.42 Å². The van der Waals surface area contributed by atoms with E-state index >= 15 is 0 Å². The molecule has 2 amide bonds. The summed E-state index contributed by atoms with van der Waals surface area (Å²) in [5.41, 5.74) is 2.32. The second-order valence-electron chi connectivity index (χ2n) is 5.01. The summed E-state index contributed by atoms with van der Waals surface area (Å²) in [4.78, 5) is 25.3. The van der Waals surface area contributed by atoms with E-state index in [1.807, 2.05) is 14.1 Å². The molecular formula is C14H19N3O2. The summed E-state index contributed by atoms with van der Waals surface area (Å²) < 4.78 is 0. The van der Waals surface area contributed by atoms with Crippen LogP contribution in [0.5, 0.6) is 0 Å². The summed E-state index contributed by atoms with van der Waals surface area (Å²) >= 11 is 0. The molecule has 5 nitrogen and oxygen atoms in total. The summed E-state index contributed by atoms with van der Waals surface area (Å²) in [7, 11) is 4.01. The first-order valence-electron chi connectivity index (χ1n) is 6.42. The first kappa shape index (κ1) is 13.5. The summed E-state index contributed by atoms with van der Waals surface area (Å²) in [6.07, 6.45) is 1.28. The lowest BCUT2D eigenvalue weighted by molar-refractivity contribution is -0.115. The molecule has 0 bridgehead atoms. The van der Waals surface area contributed by atoms with Crippen molar-refractivity contribution in [1.29, 1.82) is 0 Å². The van der Waals surface area contributed by atoms with Crippen molar-refractivity contribution in [2.45, 2.75) is 12.8 Å². The van der Waals surface area contributed by atoms with E-state index in [-0.39, 0.29) is 11.8 Å². The van der Waals surface area contributed by atoms with E-state index < -0.39 is 0 Å². The Morgan fingerprint density at radius 3 is 2.95 bits per heavy atom. The summed E-state index contributed by atoms with van der Waals surface area (Å²) in [6, 6.07) is 5.31. The predicted octanol–water partition coefficient (Wildman–Crippen LogP) is 0.863. The summed E-state index contributed by atoms with van der Waals surface area (Å²) in [6.45, 7) is 1.61. The highest BCUT2D eigenvalue weighted by Crippen LogP contribution is 2.23. The van der Waals surface area contributed by atoms with Crippen LogP contribution < -0.4 is 10.6 Å². The Labute approximate surface area is 113 Å². The van der Waals surface area contributed by atoms with Gasteiger partial charge in [0.1, 0.15) is 0 Å². The maximum Gasteiger partial charge on any atom is 0.251 e. The van der Waals surface area contributed by atoms with Crippen molar-refractivity contribution in [2.75, 3.05) is 32.5 Å². The van der Waals surface area contributed by atoms with Crippen LogP contribution >= 0.6 is 0 Å². The van der Waals surface area contributed by atoms with Crippen LogP contribution in [-0.2, 0) is 11.2 Å². The number of nitrogens with one attached hydrogen (secondary N) is 2. The number of hydrogen-bond acceptors (Lipinski definition) is 3. The molecule has 1 aliphatic rings. The van der Waals surface area contributed by atoms with Crippen LogP contribution in [0.1, 0.15) is 22.3 Å². The molecule has 1 aromatic carbocycles. The van der Waals surface area contributed by atoms with Crippen molar-refractivity contribution in [1.82, 2.24) is 10.2 Å². The minimum absolute atomic E-state index is 0.0152. The lowest BCUT2D eigenvalue weighted by Crippen LogP contribution is -2.27. The monoisotopic (exact) mass is 261 g/mol. The van der Waals surface area contributed by atoms with Crippen LogP contribution in [0.15, 0.2) is 18.2 Å². The lowest BCUT2D eigenvalue weighted by atomic mass is 10.1. The first-order valence-corrected chi connectivity index (χ1v) is 6.42. The van der Waals surface area contributed by atoms with E-state index in [0.717, 1.165) is 24.2 Å². The number of fused-ring (bicyclic) bond motifs is 1. The van der Waals surface area contributed by atoms with Gasteiger partial charge in [-0.3, -0.25) is 9.59 Å². The third kappa shape index (κ3) is 3.54. The molecule has 1 aliphatic heterocycles. The number of carbonyl (C=O) groups excluding carboxylic acids is 2. The molecule has 102 valence electrons. The number of amides is 2. The van der Waals surface area contributed by atoms with E-state index in [4.69, 9.17) is 0 Å². The molecule has 0 fully saturated rings. The van der Waals surface area contributed by atoms with Gasteiger partial charge in [0.2, 0.25) is 5.91 Å². The molecule has 0 unspecified atom stereocenters. The van der Waals surface area contributed by atoms with Gasteiger partial charge < -0.3 is 15.5 Å². The molecule has 2 rings (SSSR count). The molecule has 0 saturated carbocycles. The molecule has 0 saturated heterocycles. The molecule has 5 heteroatoms. The van der Waals surface area contributed by atoms with Gasteiger partial charge in [-0.2, -0.15) is 0 Å². The Morgan fingerprint density at radius 1 is 1.42 bits per heavy atom. The molecule has 19 heavy (non-hydrogen) atoms. The van der Waals surface area contributed by atoms with Gasteiger partial charge >= 0.3 is 0 Å². The van der Waals surface area contributed by atoms with Gasteiger partial charge in [0.15, 0.2) is 0 Å². The fourth-order valence-corrected chi connectivity index (χ4v) is 2.07.